The summed E-state index contributed by atoms with van der Waals surface area (Å²) >= 11 is 0. The number of carbonyl (C=O) groups is 3. The summed E-state index contributed by atoms with van der Waals surface area (Å²) in [6.45, 7) is 1.64. The number of sulfonamides is 1. The van der Waals surface area contributed by atoms with Crippen LogP contribution in [0.4, 0.5) is 9.18 Å². The zero-order valence-corrected chi connectivity index (χ0v) is 16.1. The molecule has 0 radical (unpaired) electrons. The Morgan fingerprint density at radius 1 is 1.18 bits per heavy atom. The van der Waals surface area contributed by atoms with Gasteiger partial charge in [-0.05, 0) is 44.0 Å². The van der Waals surface area contributed by atoms with Crippen molar-refractivity contribution in [1.29, 1.82) is 0 Å². The molecule has 1 aromatic rings. The second kappa shape index (κ2) is 9.60. The highest BCUT2D eigenvalue weighted by molar-refractivity contribution is 7.89. The van der Waals surface area contributed by atoms with E-state index in [1.165, 1.54) is 16.4 Å². The Morgan fingerprint density at radius 3 is 2.36 bits per heavy atom. The van der Waals surface area contributed by atoms with Crippen LogP contribution in [0.2, 0.25) is 0 Å². The quantitative estimate of drug-likeness (QED) is 0.657. The predicted octanol–water partition coefficient (Wildman–Crippen LogP) is 0.615. The van der Waals surface area contributed by atoms with Gasteiger partial charge in [0.2, 0.25) is 10.0 Å². The molecule has 0 aliphatic carbocycles. The van der Waals surface area contributed by atoms with Gasteiger partial charge in [0, 0.05) is 19.6 Å². The molecule has 1 heterocycles. The lowest BCUT2D eigenvalue weighted by molar-refractivity contribution is -0.153. The molecule has 0 bridgehead atoms. The van der Waals surface area contributed by atoms with Gasteiger partial charge in [0.15, 0.2) is 6.61 Å². The monoisotopic (exact) mass is 415 g/mol. The van der Waals surface area contributed by atoms with Crippen molar-refractivity contribution in [3.05, 3.63) is 30.1 Å². The van der Waals surface area contributed by atoms with Crippen LogP contribution in [0.15, 0.2) is 29.2 Å². The van der Waals surface area contributed by atoms with Crippen LogP contribution in [0.3, 0.4) is 0 Å². The van der Waals surface area contributed by atoms with E-state index in [2.05, 4.69) is 5.32 Å². The third-order valence-electron chi connectivity index (χ3n) is 4.17. The smallest absolute Gasteiger partial charge is 0.321 e. The number of nitrogens with zero attached hydrogens (tertiary/aromatic N) is 1. The van der Waals surface area contributed by atoms with Gasteiger partial charge in [-0.2, -0.15) is 4.31 Å². The Balaban J connectivity index is 1.82. The molecule has 3 amide bonds. The average Bonchev–Trinajstić information content (AvgIpc) is 2.66. The van der Waals surface area contributed by atoms with Crippen LogP contribution in [0.25, 0.3) is 0 Å². The van der Waals surface area contributed by atoms with Crippen molar-refractivity contribution in [3.63, 3.8) is 0 Å². The summed E-state index contributed by atoms with van der Waals surface area (Å²) in [6.07, 6.45) is 0.467. The molecule has 1 aromatic carbocycles. The van der Waals surface area contributed by atoms with E-state index in [1.807, 2.05) is 5.32 Å². The second-order valence-corrected chi connectivity index (χ2v) is 8.09. The number of nitrogens with one attached hydrogen (secondary N) is 2. The number of urea groups is 1. The van der Waals surface area contributed by atoms with E-state index in [1.54, 1.807) is 6.92 Å². The predicted molar refractivity (Wildman–Crippen MR) is 96.1 cm³/mol. The van der Waals surface area contributed by atoms with Crippen molar-refractivity contribution in [3.8, 4) is 0 Å². The summed E-state index contributed by atoms with van der Waals surface area (Å²) in [4.78, 5) is 34.8. The van der Waals surface area contributed by atoms with Crippen LogP contribution in [0.5, 0.6) is 0 Å². The average molecular weight is 415 g/mol. The van der Waals surface area contributed by atoms with Crippen LogP contribution in [-0.4, -0.2) is 56.9 Å². The third kappa shape index (κ3) is 5.73. The van der Waals surface area contributed by atoms with Crippen LogP contribution in [0.1, 0.15) is 19.8 Å². The summed E-state index contributed by atoms with van der Waals surface area (Å²) in [5, 5.41) is 4.38. The van der Waals surface area contributed by atoms with Gasteiger partial charge >= 0.3 is 12.0 Å². The molecule has 0 unspecified atom stereocenters. The van der Waals surface area contributed by atoms with Crippen molar-refractivity contribution in [2.45, 2.75) is 24.7 Å². The van der Waals surface area contributed by atoms with Crippen LogP contribution in [0, 0.1) is 11.7 Å². The fourth-order valence-electron chi connectivity index (χ4n) is 2.71. The first-order chi connectivity index (χ1) is 13.2. The molecule has 1 aliphatic heterocycles. The molecule has 0 spiro atoms. The fraction of sp³-hybridized carbons (Fsp3) is 0.471. The van der Waals surface area contributed by atoms with Crippen LogP contribution in [-0.2, 0) is 24.3 Å². The SMILES string of the molecule is CCNC(=O)NC(=O)COC(=O)C1CCN(S(=O)(=O)c2ccc(F)cc2)CC1. The molecular weight excluding hydrogens is 393 g/mol. The van der Waals surface area contributed by atoms with Gasteiger partial charge in [0.05, 0.1) is 10.8 Å². The van der Waals surface area contributed by atoms with Crippen molar-refractivity contribution >= 4 is 27.9 Å². The van der Waals surface area contributed by atoms with Gasteiger partial charge in [-0.3, -0.25) is 14.9 Å². The maximum Gasteiger partial charge on any atom is 0.321 e. The van der Waals surface area contributed by atoms with E-state index in [-0.39, 0.29) is 30.8 Å². The van der Waals surface area contributed by atoms with Crippen molar-refractivity contribution in [1.82, 2.24) is 14.9 Å². The van der Waals surface area contributed by atoms with Crippen molar-refractivity contribution in [2.24, 2.45) is 5.92 Å². The zero-order chi connectivity index (χ0) is 20.7. The minimum atomic E-state index is -3.77. The molecule has 0 atom stereocenters. The Bertz CT molecular complexity index is 820. The van der Waals surface area contributed by atoms with E-state index in [9.17, 15) is 27.2 Å². The van der Waals surface area contributed by atoms with Crippen LogP contribution < -0.4 is 10.6 Å². The number of benzene rings is 1. The molecule has 2 N–H and O–H groups in total. The Kier molecular flexibility index (Phi) is 7.46. The maximum absolute atomic E-state index is 13.0. The minimum Gasteiger partial charge on any atom is -0.455 e. The number of piperidine rings is 1. The number of hydrogen-bond donors (Lipinski definition) is 2. The highest BCUT2D eigenvalue weighted by atomic mass is 32.2. The van der Waals surface area contributed by atoms with Gasteiger partial charge in [0.1, 0.15) is 5.82 Å². The molecule has 9 nitrogen and oxygen atoms in total. The van der Waals surface area contributed by atoms with Gasteiger partial charge in [-0.1, -0.05) is 0 Å². The van der Waals surface area contributed by atoms with E-state index < -0.39 is 46.3 Å². The highest BCUT2D eigenvalue weighted by Gasteiger charge is 2.33. The lowest BCUT2D eigenvalue weighted by atomic mass is 9.98. The largest absolute Gasteiger partial charge is 0.455 e. The normalized spacial score (nSPS) is 15.6. The number of imide groups is 1. The fourth-order valence-corrected chi connectivity index (χ4v) is 4.18. The number of amides is 3. The van der Waals surface area contributed by atoms with E-state index >= 15 is 0 Å². The number of halogens is 1. The topological polar surface area (TPSA) is 122 Å². The number of esters is 1. The number of ether oxygens (including phenoxy) is 1. The Hall–Kier alpha value is -2.53. The molecule has 0 aromatic heterocycles. The van der Waals surface area contributed by atoms with Crippen LogP contribution >= 0.6 is 0 Å². The molecule has 154 valence electrons. The maximum atomic E-state index is 13.0. The standard InChI is InChI=1S/C17H22FN3O6S/c1-2-19-17(24)20-15(22)11-27-16(23)12-7-9-21(10-8-12)28(25,26)14-5-3-13(18)4-6-14/h3-6,12H,2,7-11H2,1H3,(H2,19,20,22,24). The number of rotatable bonds is 6. The first kappa shape index (κ1) is 21.8. The van der Waals surface area contributed by atoms with E-state index in [0.717, 1.165) is 12.1 Å². The number of hydrogen-bond acceptors (Lipinski definition) is 6. The lowest BCUT2D eigenvalue weighted by Gasteiger charge is -2.30. The summed E-state index contributed by atoms with van der Waals surface area (Å²) in [5.41, 5.74) is 0. The zero-order valence-electron chi connectivity index (χ0n) is 15.3. The summed E-state index contributed by atoms with van der Waals surface area (Å²) in [7, 11) is -3.77. The second-order valence-electron chi connectivity index (χ2n) is 6.15. The first-order valence-corrected chi connectivity index (χ1v) is 10.2. The van der Waals surface area contributed by atoms with E-state index in [4.69, 9.17) is 4.74 Å². The highest BCUT2D eigenvalue weighted by Crippen LogP contribution is 2.24. The third-order valence-corrected chi connectivity index (χ3v) is 6.09. The van der Waals surface area contributed by atoms with Crippen molar-refractivity contribution in [2.75, 3.05) is 26.2 Å². The molecule has 1 aliphatic rings. The van der Waals surface area contributed by atoms with Gasteiger partial charge in [0.25, 0.3) is 5.91 Å². The molecular formula is C17H22FN3O6S. The first-order valence-electron chi connectivity index (χ1n) is 8.74. The van der Waals surface area contributed by atoms with Gasteiger partial charge in [-0.25, -0.2) is 17.6 Å². The Morgan fingerprint density at radius 2 is 1.79 bits per heavy atom. The van der Waals surface area contributed by atoms with E-state index in [0.29, 0.717) is 6.54 Å². The molecule has 2 rings (SSSR count). The van der Waals surface area contributed by atoms with Crippen molar-refractivity contribution < 1.29 is 31.9 Å². The van der Waals surface area contributed by atoms with Gasteiger partial charge < -0.3 is 10.1 Å². The lowest BCUT2D eigenvalue weighted by Crippen LogP contribution is -2.43. The van der Waals surface area contributed by atoms with Gasteiger partial charge in [-0.15, -0.1) is 0 Å². The summed E-state index contributed by atoms with van der Waals surface area (Å²) in [5.74, 6) is -2.45. The Labute approximate surface area is 162 Å². The molecule has 0 saturated carbocycles. The molecule has 1 saturated heterocycles. The molecule has 1 fully saturated rings. The summed E-state index contributed by atoms with van der Waals surface area (Å²) in [6, 6.07) is 3.85. The summed E-state index contributed by atoms with van der Waals surface area (Å²) < 4.78 is 44.2. The molecule has 11 heteroatoms. The minimum absolute atomic E-state index is 0.0167. The number of carbonyl (C=O) groups excluding carboxylic acids is 3. The molecule has 28 heavy (non-hydrogen) atoms.